The first-order valence-electron chi connectivity index (χ1n) is 5.88. The average Bonchev–Trinajstić information content (AvgIpc) is 2.62. The topological polar surface area (TPSA) is 75.4 Å². The van der Waals surface area contributed by atoms with E-state index >= 15 is 0 Å². The Morgan fingerprint density at radius 2 is 2.12 bits per heavy atom. The zero-order valence-corrected chi connectivity index (χ0v) is 9.61. The zero-order valence-electron chi connectivity index (χ0n) is 9.61. The number of rotatable bonds is 3. The van der Waals surface area contributed by atoms with Crippen molar-refractivity contribution < 1.29 is 9.59 Å². The molecule has 5 nitrogen and oxygen atoms in total. The van der Waals surface area contributed by atoms with Crippen LogP contribution in [0.3, 0.4) is 0 Å². The highest BCUT2D eigenvalue weighted by atomic mass is 16.2. The fourth-order valence-electron chi connectivity index (χ4n) is 2.35. The Morgan fingerprint density at radius 3 is 2.56 bits per heavy atom. The molecule has 0 aliphatic carbocycles. The van der Waals surface area contributed by atoms with Crippen LogP contribution >= 0.6 is 0 Å². The standard InChI is InChI=1S/C11H19N3O2/c1-7(9-4-13-5-9)11(16)14-3-2-8(6-14)10(12)15/h7-9,13H,2-6H2,1H3,(H2,12,15). The van der Waals surface area contributed by atoms with Crippen molar-refractivity contribution in [1.82, 2.24) is 10.2 Å². The lowest BCUT2D eigenvalue weighted by molar-refractivity contribution is -0.136. The van der Waals surface area contributed by atoms with Gasteiger partial charge in [-0.1, -0.05) is 6.92 Å². The van der Waals surface area contributed by atoms with Crippen molar-refractivity contribution >= 4 is 11.8 Å². The van der Waals surface area contributed by atoms with E-state index < -0.39 is 0 Å². The van der Waals surface area contributed by atoms with Gasteiger partial charge in [-0.2, -0.15) is 0 Å². The molecule has 2 heterocycles. The summed E-state index contributed by atoms with van der Waals surface area (Å²) < 4.78 is 0. The highest BCUT2D eigenvalue weighted by Crippen LogP contribution is 2.23. The predicted octanol–water partition coefficient (Wildman–Crippen LogP) is -0.824. The second-order valence-corrected chi connectivity index (χ2v) is 4.88. The molecule has 0 saturated carbocycles. The van der Waals surface area contributed by atoms with Crippen LogP contribution in [0.15, 0.2) is 0 Å². The van der Waals surface area contributed by atoms with Crippen LogP contribution in [0.5, 0.6) is 0 Å². The molecule has 2 amide bonds. The summed E-state index contributed by atoms with van der Waals surface area (Å²) >= 11 is 0. The Hall–Kier alpha value is -1.10. The monoisotopic (exact) mass is 225 g/mol. The smallest absolute Gasteiger partial charge is 0.225 e. The summed E-state index contributed by atoms with van der Waals surface area (Å²) in [6.07, 6.45) is 0.719. The van der Waals surface area contributed by atoms with Crippen molar-refractivity contribution in [3.05, 3.63) is 0 Å². The number of hydrogen-bond acceptors (Lipinski definition) is 3. The van der Waals surface area contributed by atoms with Crippen LogP contribution in [0.4, 0.5) is 0 Å². The van der Waals surface area contributed by atoms with Crippen molar-refractivity contribution in [2.75, 3.05) is 26.2 Å². The molecule has 90 valence electrons. The van der Waals surface area contributed by atoms with Crippen LogP contribution in [0, 0.1) is 17.8 Å². The van der Waals surface area contributed by atoms with Crippen molar-refractivity contribution in [3.63, 3.8) is 0 Å². The third-order valence-electron chi connectivity index (χ3n) is 3.81. The number of hydrogen-bond donors (Lipinski definition) is 2. The van der Waals surface area contributed by atoms with E-state index in [1.807, 2.05) is 6.92 Å². The van der Waals surface area contributed by atoms with Gasteiger partial charge in [-0.25, -0.2) is 0 Å². The maximum absolute atomic E-state index is 12.1. The fraction of sp³-hybridized carbons (Fsp3) is 0.818. The van der Waals surface area contributed by atoms with Crippen LogP contribution in [-0.4, -0.2) is 42.9 Å². The molecule has 2 fully saturated rings. The van der Waals surface area contributed by atoms with Crippen LogP contribution in [-0.2, 0) is 9.59 Å². The highest BCUT2D eigenvalue weighted by Gasteiger charge is 2.35. The van der Waals surface area contributed by atoms with E-state index in [0.717, 1.165) is 19.5 Å². The molecule has 2 atom stereocenters. The highest BCUT2D eigenvalue weighted by molar-refractivity contribution is 5.82. The van der Waals surface area contributed by atoms with Crippen molar-refractivity contribution in [3.8, 4) is 0 Å². The molecule has 5 heteroatoms. The minimum absolute atomic E-state index is 0.0628. The van der Waals surface area contributed by atoms with Gasteiger partial charge in [0.15, 0.2) is 0 Å². The summed E-state index contributed by atoms with van der Waals surface area (Å²) in [5.74, 6) is 0.271. The normalized spacial score (nSPS) is 27.6. The lowest BCUT2D eigenvalue weighted by Crippen LogP contribution is -2.50. The molecule has 16 heavy (non-hydrogen) atoms. The van der Waals surface area contributed by atoms with E-state index in [-0.39, 0.29) is 23.7 Å². The molecule has 3 N–H and O–H groups in total. The van der Waals surface area contributed by atoms with E-state index in [9.17, 15) is 9.59 Å². The Kier molecular flexibility index (Phi) is 3.14. The first-order chi connectivity index (χ1) is 7.59. The molecule has 0 spiro atoms. The molecule has 0 aromatic heterocycles. The molecule has 2 aliphatic heterocycles. The van der Waals surface area contributed by atoms with Gasteiger partial charge in [-0.15, -0.1) is 0 Å². The van der Waals surface area contributed by atoms with Gasteiger partial charge in [0.25, 0.3) is 0 Å². The van der Waals surface area contributed by atoms with Crippen molar-refractivity contribution in [2.24, 2.45) is 23.5 Å². The lowest BCUT2D eigenvalue weighted by atomic mass is 9.88. The second-order valence-electron chi connectivity index (χ2n) is 4.88. The number of nitrogens with one attached hydrogen (secondary N) is 1. The molecular formula is C11H19N3O2. The molecule has 2 unspecified atom stereocenters. The summed E-state index contributed by atoms with van der Waals surface area (Å²) in [7, 11) is 0. The Labute approximate surface area is 95.3 Å². The Bertz CT molecular complexity index is 302. The zero-order chi connectivity index (χ0) is 11.7. The van der Waals surface area contributed by atoms with Crippen LogP contribution in [0.25, 0.3) is 0 Å². The first-order valence-corrected chi connectivity index (χ1v) is 5.88. The molecule has 2 aliphatic rings. The number of nitrogens with zero attached hydrogens (tertiary/aromatic N) is 1. The maximum atomic E-state index is 12.1. The Balaban J connectivity index is 1.88. The lowest BCUT2D eigenvalue weighted by Gasteiger charge is -2.33. The maximum Gasteiger partial charge on any atom is 0.225 e. The average molecular weight is 225 g/mol. The minimum atomic E-state index is -0.284. The number of carbonyl (C=O) groups excluding carboxylic acids is 2. The van der Waals surface area contributed by atoms with Crippen molar-refractivity contribution in [2.45, 2.75) is 13.3 Å². The molecular weight excluding hydrogens is 206 g/mol. The Morgan fingerprint density at radius 1 is 1.44 bits per heavy atom. The summed E-state index contributed by atoms with van der Waals surface area (Å²) in [6.45, 7) is 5.03. The van der Waals surface area contributed by atoms with Crippen LogP contribution in [0.1, 0.15) is 13.3 Å². The molecule has 0 aromatic carbocycles. The quantitative estimate of drug-likeness (QED) is 0.658. The fourth-order valence-corrected chi connectivity index (χ4v) is 2.35. The van der Waals surface area contributed by atoms with Gasteiger partial charge in [0.1, 0.15) is 0 Å². The first kappa shape index (κ1) is 11.4. The largest absolute Gasteiger partial charge is 0.369 e. The van der Waals surface area contributed by atoms with E-state index in [4.69, 9.17) is 5.73 Å². The molecule has 2 rings (SSSR count). The summed E-state index contributed by atoms with van der Waals surface area (Å²) in [5.41, 5.74) is 5.25. The molecule has 0 bridgehead atoms. The number of amides is 2. The summed E-state index contributed by atoms with van der Waals surface area (Å²) in [6, 6.07) is 0. The number of nitrogens with two attached hydrogens (primary N) is 1. The number of primary amides is 1. The van der Waals surface area contributed by atoms with Gasteiger partial charge in [0.2, 0.25) is 11.8 Å². The van der Waals surface area contributed by atoms with Gasteiger partial charge in [0.05, 0.1) is 5.92 Å². The SMILES string of the molecule is CC(C(=O)N1CCC(C(N)=O)C1)C1CNC1. The molecule has 0 aromatic rings. The van der Waals surface area contributed by atoms with Crippen LogP contribution in [0.2, 0.25) is 0 Å². The second kappa shape index (κ2) is 4.41. The third-order valence-corrected chi connectivity index (χ3v) is 3.81. The summed E-state index contributed by atoms with van der Waals surface area (Å²) in [4.78, 5) is 24.9. The van der Waals surface area contributed by atoms with Crippen molar-refractivity contribution in [1.29, 1.82) is 0 Å². The van der Waals surface area contributed by atoms with E-state index in [0.29, 0.717) is 19.0 Å². The van der Waals surface area contributed by atoms with Gasteiger partial charge in [0, 0.05) is 19.0 Å². The van der Waals surface area contributed by atoms with Gasteiger partial charge >= 0.3 is 0 Å². The van der Waals surface area contributed by atoms with Gasteiger partial charge < -0.3 is 16.0 Å². The molecule has 2 saturated heterocycles. The van der Waals surface area contributed by atoms with Gasteiger partial charge in [-0.05, 0) is 25.4 Å². The number of likely N-dealkylation sites (tertiary alicyclic amines) is 1. The predicted molar refractivity (Wildman–Crippen MR) is 59.4 cm³/mol. The van der Waals surface area contributed by atoms with Gasteiger partial charge in [-0.3, -0.25) is 9.59 Å². The van der Waals surface area contributed by atoms with E-state index in [1.54, 1.807) is 4.90 Å². The summed E-state index contributed by atoms with van der Waals surface area (Å²) in [5, 5.41) is 3.17. The minimum Gasteiger partial charge on any atom is -0.369 e. The van der Waals surface area contributed by atoms with Crippen LogP contribution < -0.4 is 11.1 Å². The third kappa shape index (κ3) is 2.04. The number of carbonyl (C=O) groups is 2. The van der Waals surface area contributed by atoms with E-state index in [2.05, 4.69) is 5.32 Å². The molecule has 0 radical (unpaired) electrons. The van der Waals surface area contributed by atoms with E-state index in [1.165, 1.54) is 0 Å².